The smallest absolute Gasteiger partial charge is 0.224 e. The second kappa shape index (κ2) is 9.30. The molecular formula is C20H30N2O3. The van der Waals surface area contributed by atoms with Crippen LogP contribution in [0.15, 0.2) is 24.5 Å². The van der Waals surface area contributed by atoms with Crippen LogP contribution in [0.4, 0.5) is 0 Å². The number of carbonyl (C=O) groups excluding carboxylic acids is 1. The maximum atomic E-state index is 12.1. The highest BCUT2D eigenvalue weighted by molar-refractivity contribution is 5.78. The number of ether oxygens (including phenoxy) is 2. The van der Waals surface area contributed by atoms with Gasteiger partial charge in [0, 0.05) is 24.4 Å². The number of amides is 1. The highest BCUT2D eigenvalue weighted by Gasteiger charge is 2.41. The minimum absolute atomic E-state index is 0.0447. The Labute approximate surface area is 150 Å². The number of nitrogens with zero attached hydrogens (tertiary/aromatic N) is 1. The van der Waals surface area contributed by atoms with Crippen LogP contribution in [0.5, 0.6) is 0 Å². The van der Waals surface area contributed by atoms with Gasteiger partial charge in [-0.05, 0) is 37.3 Å². The fourth-order valence-corrected chi connectivity index (χ4v) is 4.17. The van der Waals surface area contributed by atoms with Crippen LogP contribution >= 0.6 is 0 Å². The molecule has 0 atom stereocenters. The Morgan fingerprint density at radius 1 is 1.20 bits per heavy atom. The summed E-state index contributed by atoms with van der Waals surface area (Å²) in [5.41, 5.74) is 1.09. The van der Waals surface area contributed by atoms with E-state index in [1.807, 2.05) is 12.1 Å². The van der Waals surface area contributed by atoms with Crippen LogP contribution < -0.4 is 5.32 Å². The quantitative estimate of drug-likeness (QED) is 0.608. The SMILES string of the molecule is O=C(Cc1cccnc1)NCCCC1(C2OCCO2)CCCCCC1. The molecule has 1 saturated heterocycles. The minimum atomic E-state index is -0.0447. The molecule has 0 radical (unpaired) electrons. The Balaban J connectivity index is 1.45. The van der Waals surface area contributed by atoms with Gasteiger partial charge in [0.15, 0.2) is 6.29 Å². The molecule has 1 aliphatic heterocycles. The topological polar surface area (TPSA) is 60.5 Å². The van der Waals surface area contributed by atoms with E-state index in [2.05, 4.69) is 10.3 Å². The average Bonchev–Trinajstić information content (AvgIpc) is 3.07. The van der Waals surface area contributed by atoms with Crippen molar-refractivity contribution in [2.45, 2.75) is 64.1 Å². The highest BCUT2D eigenvalue weighted by Crippen LogP contribution is 2.44. The molecule has 138 valence electrons. The number of pyridine rings is 1. The van der Waals surface area contributed by atoms with Gasteiger partial charge in [-0.1, -0.05) is 31.7 Å². The van der Waals surface area contributed by atoms with E-state index in [0.717, 1.165) is 18.4 Å². The summed E-state index contributed by atoms with van der Waals surface area (Å²) in [7, 11) is 0. The van der Waals surface area contributed by atoms with Crippen LogP contribution in [0.3, 0.4) is 0 Å². The molecule has 0 bridgehead atoms. The summed E-state index contributed by atoms with van der Waals surface area (Å²) in [5.74, 6) is 0.0660. The molecule has 3 rings (SSSR count). The lowest BCUT2D eigenvalue weighted by Gasteiger charge is -2.37. The van der Waals surface area contributed by atoms with Gasteiger partial charge < -0.3 is 14.8 Å². The average molecular weight is 346 g/mol. The zero-order valence-corrected chi connectivity index (χ0v) is 15.0. The van der Waals surface area contributed by atoms with Crippen molar-refractivity contribution >= 4 is 5.91 Å². The van der Waals surface area contributed by atoms with Gasteiger partial charge in [-0.25, -0.2) is 0 Å². The third-order valence-corrected chi connectivity index (χ3v) is 5.48. The molecule has 2 fully saturated rings. The van der Waals surface area contributed by atoms with E-state index < -0.39 is 0 Å². The molecule has 1 N–H and O–H groups in total. The van der Waals surface area contributed by atoms with Gasteiger partial charge in [-0.2, -0.15) is 0 Å². The zero-order valence-electron chi connectivity index (χ0n) is 15.0. The van der Waals surface area contributed by atoms with Crippen molar-refractivity contribution in [2.24, 2.45) is 5.41 Å². The number of hydrogen-bond acceptors (Lipinski definition) is 4. The van der Waals surface area contributed by atoms with Crippen LogP contribution in [-0.2, 0) is 20.7 Å². The third-order valence-electron chi connectivity index (χ3n) is 5.48. The van der Waals surface area contributed by atoms with Crippen molar-refractivity contribution in [2.75, 3.05) is 19.8 Å². The van der Waals surface area contributed by atoms with Crippen LogP contribution in [0.2, 0.25) is 0 Å². The first-order chi connectivity index (χ1) is 12.3. The monoisotopic (exact) mass is 346 g/mol. The molecule has 1 amide bonds. The van der Waals surface area contributed by atoms with Gasteiger partial charge in [0.1, 0.15) is 0 Å². The lowest BCUT2D eigenvalue weighted by molar-refractivity contribution is -0.143. The van der Waals surface area contributed by atoms with Crippen LogP contribution in [0.1, 0.15) is 56.9 Å². The minimum Gasteiger partial charge on any atom is -0.356 e. The Hall–Kier alpha value is -1.46. The van der Waals surface area contributed by atoms with Gasteiger partial charge in [-0.15, -0.1) is 0 Å². The van der Waals surface area contributed by atoms with Crippen molar-refractivity contribution in [3.63, 3.8) is 0 Å². The lowest BCUT2D eigenvalue weighted by atomic mass is 9.75. The first-order valence-corrected chi connectivity index (χ1v) is 9.67. The second-order valence-corrected chi connectivity index (χ2v) is 7.34. The third kappa shape index (κ3) is 5.25. The summed E-state index contributed by atoms with van der Waals surface area (Å²) < 4.78 is 11.8. The van der Waals surface area contributed by atoms with Gasteiger partial charge in [0.25, 0.3) is 0 Å². The molecule has 1 aliphatic carbocycles. The first-order valence-electron chi connectivity index (χ1n) is 9.67. The molecule has 0 unspecified atom stereocenters. The largest absolute Gasteiger partial charge is 0.356 e. The summed E-state index contributed by atoms with van der Waals surface area (Å²) in [6.45, 7) is 2.15. The summed E-state index contributed by atoms with van der Waals surface area (Å²) in [4.78, 5) is 16.1. The van der Waals surface area contributed by atoms with Crippen molar-refractivity contribution in [3.05, 3.63) is 30.1 Å². The summed E-state index contributed by atoms with van der Waals surface area (Å²) in [6, 6.07) is 3.79. The molecule has 1 saturated carbocycles. The molecule has 5 heteroatoms. The molecule has 1 aromatic heterocycles. The second-order valence-electron chi connectivity index (χ2n) is 7.34. The molecule has 1 aromatic rings. The predicted octanol–water partition coefficient (Wildman–Crippen LogP) is 3.23. The van der Waals surface area contributed by atoms with Crippen LogP contribution in [0.25, 0.3) is 0 Å². The van der Waals surface area contributed by atoms with E-state index in [-0.39, 0.29) is 17.6 Å². The normalized spacial score (nSPS) is 21.0. The van der Waals surface area contributed by atoms with E-state index in [1.165, 1.54) is 38.5 Å². The maximum absolute atomic E-state index is 12.1. The van der Waals surface area contributed by atoms with E-state index in [0.29, 0.717) is 26.2 Å². The standard InChI is InChI=1S/C20H30N2O3/c23-18(15-17-7-5-11-21-16-17)22-12-6-10-20(19-24-13-14-25-19)8-3-1-2-4-9-20/h5,7,11,16,19H,1-4,6,8-10,12-15H2,(H,22,23). The van der Waals surface area contributed by atoms with E-state index >= 15 is 0 Å². The van der Waals surface area contributed by atoms with Gasteiger partial charge >= 0.3 is 0 Å². The van der Waals surface area contributed by atoms with Crippen molar-refractivity contribution < 1.29 is 14.3 Å². The molecular weight excluding hydrogens is 316 g/mol. The zero-order chi connectivity index (χ0) is 17.4. The molecule has 25 heavy (non-hydrogen) atoms. The van der Waals surface area contributed by atoms with Crippen LogP contribution in [-0.4, -0.2) is 36.9 Å². The van der Waals surface area contributed by atoms with E-state index in [9.17, 15) is 4.79 Å². The predicted molar refractivity (Wildman–Crippen MR) is 96.0 cm³/mol. The number of hydrogen-bond donors (Lipinski definition) is 1. The molecule has 0 spiro atoms. The fourth-order valence-electron chi connectivity index (χ4n) is 4.17. The Kier molecular flexibility index (Phi) is 6.82. The van der Waals surface area contributed by atoms with E-state index in [4.69, 9.17) is 9.47 Å². The number of nitrogens with one attached hydrogen (secondary N) is 1. The fraction of sp³-hybridized carbons (Fsp3) is 0.700. The molecule has 2 heterocycles. The number of rotatable bonds is 7. The Morgan fingerprint density at radius 2 is 1.96 bits per heavy atom. The van der Waals surface area contributed by atoms with Crippen molar-refractivity contribution in [1.82, 2.24) is 10.3 Å². The summed E-state index contributed by atoms with van der Waals surface area (Å²) >= 11 is 0. The molecule has 0 aromatic carbocycles. The molecule has 5 nitrogen and oxygen atoms in total. The lowest BCUT2D eigenvalue weighted by Crippen LogP contribution is -2.37. The molecule has 2 aliphatic rings. The van der Waals surface area contributed by atoms with Gasteiger partial charge in [0.05, 0.1) is 19.6 Å². The Morgan fingerprint density at radius 3 is 2.64 bits per heavy atom. The Bertz CT molecular complexity index is 521. The highest BCUT2D eigenvalue weighted by atomic mass is 16.7. The first kappa shape index (κ1) is 18.3. The van der Waals surface area contributed by atoms with E-state index in [1.54, 1.807) is 12.4 Å². The van der Waals surface area contributed by atoms with Crippen LogP contribution in [0, 0.1) is 5.41 Å². The van der Waals surface area contributed by atoms with Crippen molar-refractivity contribution in [1.29, 1.82) is 0 Å². The number of aromatic nitrogens is 1. The summed E-state index contributed by atoms with van der Waals surface area (Å²) in [6.07, 6.45) is 13.4. The van der Waals surface area contributed by atoms with Gasteiger partial charge in [-0.3, -0.25) is 9.78 Å². The van der Waals surface area contributed by atoms with Crippen molar-refractivity contribution in [3.8, 4) is 0 Å². The van der Waals surface area contributed by atoms with Gasteiger partial charge in [0.2, 0.25) is 5.91 Å². The maximum Gasteiger partial charge on any atom is 0.224 e. The summed E-state index contributed by atoms with van der Waals surface area (Å²) in [5, 5.41) is 3.05. The number of carbonyl (C=O) groups is 1.